The molecule has 0 bridgehead atoms. The molecule has 3 amide bonds. The van der Waals surface area contributed by atoms with Gasteiger partial charge < -0.3 is 4.90 Å². The predicted molar refractivity (Wildman–Crippen MR) is 65.5 cm³/mol. The number of nitrogens with zero attached hydrogens (tertiary/aromatic N) is 2. The summed E-state index contributed by atoms with van der Waals surface area (Å²) in [7, 11) is 0. The molecule has 0 aromatic carbocycles. The zero-order valence-corrected chi connectivity index (χ0v) is 10.8. The number of imide groups is 1. The Labute approximate surface area is 103 Å². The predicted octanol–water partition coefficient (Wildman–Crippen LogP) is 2.24. The van der Waals surface area contributed by atoms with Crippen molar-refractivity contribution in [1.82, 2.24) is 9.80 Å². The van der Waals surface area contributed by atoms with Gasteiger partial charge in [-0.3, -0.25) is 9.69 Å². The van der Waals surface area contributed by atoms with E-state index < -0.39 is 0 Å². The lowest BCUT2D eigenvalue weighted by molar-refractivity contribution is -0.129. The molecule has 4 heteroatoms. The third-order valence-corrected chi connectivity index (χ3v) is 4.05. The summed E-state index contributed by atoms with van der Waals surface area (Å²) in [6.07, 6.45) is 4.95. The van der Waals surface area contributed by atoms with Crippen LogP contribution in [0.4, 0.5) is 4.79 Å². The molecule has 2 fully saturated rings. The SMILES string of the molecule is CCCCN1C(=O)C2CC(CC)CCN2C1=O. The highest BCUT2D eigenvalue weighted by atomic mass is 16.2. The smallest absolute Gasteiger partial charge is 0.312 e. The Hall–Kier alpha value is -1.06. The summed E-state index contributed by atoms with van der Waals surface area (Å²) in [6.45, 7) is 5.59. The molecular weight excluding hydrogens is 216 g/mol. The Kier molecular flexibility index (Phi) is 3.69. The molecule has 0 spiro atoms. The van der Waals surface area contributed by atoms with Crippen molar-refractivity contribution in [1.29, 1.82) is 0 Å². The van der Waals surface area contributed by atoms with Crippen molar-refractivity contribution >= 4 is 11.9 Å². The second-order valence-corrected chi connectivity index (χ2v) is 5.13. The van der Waals surface area contributed by atoms with Gasteiger partial charge in [0.15, 0.2) is 0 Å². The van der Waals surface area contributed by atoms with Gasteiger partial charge >= 0.3 is 6.03 Å². The zero-order chi connectivity index (χ0) is 12.4. The number of piperidine rings is 1. The van der Waals surface area contributed by atoms with Crippen molar-refractivity contribution in [2.45, 2.75) is 52.0 Å². The number of unbranched alkanes of at least 4 members (excludes halogenated alkanes) is 1. The number of carbonyl (C=O) groups is 2. The molecule has 0 aromatic heterocycles. The molecule has 2 rings (SSSR count). The number of amides is 3. The molecule has 4 nitrogen and oxygen atoms in total. The van der Waals surface area contributed by atoms with E-state index in [-0.39, 0.29) is 18.0 Å². The van der Waals surface area contributed by atoms with E-state index in [0.29, 0.717) is 12.5 Å². The molecule has 2 aliphatic rings. The van der Waals surface area contributed by atoms with Crippen molar-refractivity contribution in [2.75, 3.05) is 13.1 Å². The maximum Gasteiger partial charge on any atom is 0.327 e. The summed E-state index contributed by atoms with van der Waals surface area (Å²) in [5.74, 6) is 0.653. The largest absolute Gasteiger partial charge is 0.327 e. The Bertz CT molecular complexity index is 317. The summed E-state index contributed by atoms with van der Waals surface area (Å²) < 4.78 is 0. The maximum absolute atomic E-state index is 12.2. The first-order valence-corrected chi connectivity index (χ1v) is 6.81. The molecule has 2 saturated heterocycles. The molecule has 0 saturated carbocycles. The Morgan fingerprint density at radius 2 is 2.06 bits per heavy atom. The third kappa shape index (κ3) is 2.17. The van der Waals surface area contributed by atoms with Crippen molar-refractivity contribution < 1.29 is 9.59 Å². The highest BCUT2D eigenvalue weighted by Gasteiger charge is 2.46. The molecule has 0 radical (unpaired) electrons. The fourth-order valence-electron chi connectivity index (χ4n) is 2.82. The summed E-state index contributed by atoms with van der Waals surface area (Å²) >= 11 is 0. The number of urea groups is 1. The lowest BCUT2D eigenvalue weighted by Crippen LogP contribution is -2.42. The fourth-order valence-corrected chi connectivity index (χ4v) is 2.82. The van der Waals surface area contributed by atoms with E-state index in [2.05, 4.69) is 13.8 Å². The van der Waals surface area contributed by atoms with Gasteiger partial charge in [-0.15, -0.1) is 0 Å². The van der Waals surface area contributed by atoms with Crippen LogP contribution < -0.4 is 0 Å². The van der Waals surface area contributed by atoms with E-state index in [9.17, 15) is 9.59 Å². The topological polar surface area (TPSA) is 40.6 Å². The van der Waals surface area contributed by atoms with E-state index in [1.54, 1.807) is 4.90 Å². The van der Waals surface area contributed by atoms with Gasteiger partial charge in [0.1, 0.15) is 6.04 Å². The zero-order valence-electron chi connectivity index (χ0n) is 10.8. The summed E-state index contributed by atoms with van der Waals surface area (Å²) in [5, 5.41) is 0. The molecule has 2 aliphatic heterocycles. The summed E-state index contributed by atoms with van der Waals surface area (Å²) in [4.78, 5) is 27.5. The molecule has 2 atom stereocenters. The highest BCUT2D eigenvalue weighted by molar-refractivity contribution is 6.04. The molecule has 17 heavy (non-hydrogen) atoms. The molecule has 2 heterocycles. The van der Waals surface area contributed by atoms with Crippen LogP contribution in [0.25, 0.3) is 0 Å². The van der Waals surface area contributed by atoms with Gasteiger partial charge in [0.25, 0.3) is 5.91 Å². The van der Waals surface area contributed by atoms with Gasteiger partial charge in [-0.05, 0) is 25.2 Å². The monoisotopic (exact) mass is 238 g/mol. The van der Waals surface area contributed by atoms with E-state index >= 15 is 0 Å². The molecule has 2 unspecified atom stereocenters. The number of rotatable bonds is 4. The van der Waals surface area contributed by atoms with Crippen LogP contribution in [-0.4, -0.2) is 40.9 Å². The van der Waals surface area contributed by atoms with Crippen LogP contribution in [0.15, 0.2) is 0 Å². The average Bonchev–Trinajstić information content (AvgIpc) is 2.59. The normalized spacial score (nSPS) is 28.8. The van der Waals surface area contributed by atoms with Crippen molar-refractivity contribution in [3.8, 4) is 0 Å². The molecule has 0 aliphatic carbocycles. The third-order valence-electron chi connectivity index (χ3n) is 4.05. The first-order chi connectivity index (χ1) is 8.19. The van der Waals surface area contributed by atoms with Crippen molar-refractivity contribution in [3.63, 3.8) is 0 Å². The highest BCUT2D eigenvalue weighted by Crippen LogP contribution is 2.31. The van der Waals surface area contributed by atoms with E-state index in [1.807, 2.05) is 0 Å². The van der Waals surface area contributed by atoms with E-state index in [0.717, 1.165) is 38.6 Å². The molecule has 96 valence electrons. The van der Waals surface area contributed by atoms with Crippen LogP contribution in [0, 0.1) is 5.92 Å². The number of fused-ring (bicyclic) bond motifs is 1. The van der Waals surface area contributed by atoms with Crippen LogP contribution in [0.2, 0.25) is 0 Å². The van der Waals surface area contributed by atoms with Crippen molar-refractivity contribution in [2.24, 2.45) is 5.92 Å². The van der Waals surface area contributed by atoms with Crippen LogP contribution in [0.1, 0.15) is 46.0 Å². The van der Waals surface area contributed by atoms with E-state index in [1.165, 1.54) is 4.90 Å². The van der Waals surface area contributed by atoms with Gasteiger partial charge in [-0.25, -0.2) is 4.79 Å². The molecular formula is C13H22N2O2. The lowest BCUT2D eigenvalue weighted by Gasteiger charge is -2.31. The fraction of sp³-hybridized carbons (Fsp3) is 0.846. The van der Waals surface area contributed by atoms with Crippen LogP contribution in [0.5, 0.6) is 0 Å². The van der Waals surface area contributed by atoms with Gasteiger partial charge in [-0.1, -0.05) is 26.7 Å². The van der Waals surface area contributed by atoms with Crippen LogP contribution in [-0.2, 0) is 4.79 Å². The standard InChI is InChI=1S/C13H22N2O2/c1-3-5-7-15-12(16)11-9-10(4-2)6-8-14(11)13(15)17/h10-11H,3-9H2,1-2H3. The average molecular weight is 238 g/mol. The van der Waals surface area contributed by atoms with E-state index in [4.69, 9.17) is 0 Å². The van der Waals surface area contributed by atoms with Crippen molar-refractivity contribution in [3.05, 3.63) is 0 Å². The first kappa shape index (κ1) is 12.4. The molecule has 0 N–H and O–H groups in total. The summed E-state index contributed by atoms with van der Waals surface area (Å²) in [5.41, 5.74) is 0. The maximum atomic E-state index is 12.2. The molecule has 0 aromatic rings. The van der Waals surface area contributed by atoms with Crippen LogP contribution >= 0.6 is 0 Å². The second-order valence-electron chi connectivity index (χ2n) is 5.13. The number of carbonyl (C=O) groups excluding carboxylic acids is 2. The lowest BCUT2D eigenvalue weighted by atomic mass is 9.89. The van der Waals surface area contributed by atoms with Gasteiger partial charge in [0.05, 0.1) is 0 Å². The van der Waals surface area contributed by atoms with Crippen LogP contribution in [0.3, 0.4) is 0 Å². The number of hydrogen-bond donors (Lipinski definition) is 0. The summed E-state index contributed by atoms with van der Waals surface area (Å²) in [6, 6.07) is -0.207. The Morgan fingerprint density at radius 3 is 2.71 bits per heavy atom. The van der Waals surface area contributed by atoms with Gasteiger partial charge in [0, 0.05) is 13.1 Å². The Balaban J connectivity index is 2.06. The minimum Gasteiger partial charge on any atom is -0.312 e. The van der Waals surface area contributed by atoms with Gasteiger partial charge in [0.2, 0.25) is 0 Å². The quantitative estimate of drug-likeness (QED) is 0.705. The first-order valence-electron chi connectivity index (χ1n) is 6.81. The second kappa shape index (κ2) is 5.07. The van der Waals surface area contributed by atoms with Gasteiger partial charge in [-0.2, -0.15) is 0 Å². The minimum atomic E-state index is -0.155. The number of hydrogen-bond acceptors (Lipinski definition) is 2. The minimum absolute atomic E-state index is 0.0431. The Morgan fingerprint density at radius 1 is 1.29 bits per heavy atom.